The van der Waals surface area contributed by atoms with Crippen LogP contribution in [-0.4, -0.2) is 17.6 Å². The predicted molar refractivity (Wildman–Crippen MR) is 92.4 cm³/mol. The van der Waals surface area contributed by atoms with Gasteiger partial charge < -0.3 is 19.6 Å². The highest BCUT2D eigenvalue weighted by Crippen LogP contribution is 2.29. The minimum atomic E-state index is -0.322. The lowest BCUT2D eigenvalue weighted by atomic mass is 10.1. The maximum atomic E-state index is 12.5. The monoisotopic (exact) mass is 325 g/mol. The SMILES string of the molecule is CCOc1ccc2oc(C(=O)Nc3cccc(CO)c3)c(C)c2c1. The molecule has 24 heavy (non-hydrogen) atoms. The Morgan fingerprint density at radius 3 is 2.83 bits per heavy atom. The first-order valence-electron chi connectivity index (χ1n) is 7.79. The Labute approximate surface area is 139 Å². The Balaban J connectivity index is 1.90. The zero-order valence-electron chi connectivity index (χ0n) is 13.6. The molecule has 0 spiro atoms. The van der Waals surface area contributed by atoms with Gasteiger partial charge >= 0.3 is 0 Å². The highest BCUT2D eigenvalue weighted by molar-refractivity contribution is 6.06. The van der Waals surface area contributed by atoms with Crippen LogP contribution in [0.25, 0.3) is 11.0 Å². The van der Waals surface area contributed by atoms with Gasteiger partial charge in [-0.3, -0.25) is 4.79 Å². The molecule has 124 valence electrons. The molecule has 0 bridgehead atoms. The number of benzene rings is 2. The summed E-state index contributed by atoms with van der Waals surface area (Å²) < 4.78 is 11.2. The number of carbonyl (C=O) groups is 1. The summed E-state index contributed by atoms with van der Waals surface area (Å²) in [5, 5.41) is 12.8. The summed E-state index contributed by atoms with van der Waals surface area (Å²) in [4.78, 5) is 12.5. The highest BCUT2D eigenvalue weighted by atomic mass is 16.5. The second kappa shape index (κ2) is 6.76. The number of hydrogen-bond acceptors (Lipinski definition) is 4. The van der Waals surface area contributed by atoms with Crippen molar-refractivity contribution in [3.63, 3.8) is 0 Å². The van der Waals surface area contributed by atoms with Gasteiger partial charge in [0.05, 0.1) is 13.2 Å². The molecule has 5 nitrogen and oxygen atoms in total. The number of aliphatic hydroxyl groups is 1. The number of aliphatic hydroxyl groups excluding tert-OH is 1. The quantitative estimate of drug-likeness (QED) is 0.746. The maximum Gasteiger partial charge on any atom is 0.291 e. The molecule has 0 aliphatic heterocycles. The Morgan fingerprint density at radius 1 is 1.25 bits per heavy atom. The first-order valence-corrected chi connectivity index (χ1v) is 7.79. The van der Waals surface area contributed by atoms with E-state index in [0.717, 1.165) is 22.3 Å². The summed E-state index contributed by atoms with van der Waals surface area (Å²) in [6, 6.07) is 12.6. The Bertz CT molecular complexity index is 882. The maximum absolute atomic E-state index is 12.5. The van der Waals surface area contributed by atoms with Gasteiger partial charge in [-0.15, -0.1) is 0 Å². The third-order valence-electron chi connectivity index (χ3n) is 3.79. The number of ether oxygens (including phenoxy) is 1. The van der Waals surface area contributed by atoms with Crippen LogP contribution in [0.2, 0.25) is 0 Å². The van der Waals surface area contributed by atoms with Crippen LogP contribution in [0.5, 0.6) is 5.75 Å². The number of fused-ring (bicyclic) bond motifs is 1. The van der Waals surface area contributed by atoms with Gasteiger partial charge in [-0.25, -0.2) is 0 Å². The minimum absolute atomic E-state index is 0.0758. The largest absolute Gasteiger partial charge is 0.494 e. The van der Waals surface area contributed by atoms with E-state index in [1.165, 1.54) is 0 Å². The molecule has 0 saturated carbocycles. The predicted octanol–water partition coefficient (Wildman–Crippen LogP) is 3.88. The number of anilines is 1. The fourth-order valence-electron chi connectivity index (χ4n) is 2.61. The second-order valence-electron chi connectivity index (χ2n) is 5.46. The molecule has 1 amide bonds. The van der Waals surface area contributed by atoms with Gasteiger partial charge in [0.2, 0.25) is 0 Å². The van der Waals surface area contributed by atoms with E-state index in [1.807, 2.05) is 26.0 Å². The van der Waals surface area contributed by atoms with E-state index in [-0.39, 0.29) is 18.3 Å². The molecule has 3 rings (SSSR count). The van der Waals surface area contributed by atoms with Gasteiger partial charge in [0.1, 0.15) is 11.3 Å². The molecule has 0 radical (unpaired) electrons. The van der Waals surface area contributed by atoms with Crippen LogP contribution >= 0.6 is 0 Å². The molecular formula is C19H19NO4. The third kappa shape index (κ3) is 3.12. The summed E-state index contributed by atoms with van der Waals surface area (Å²) in [6.07, 6.45) is 0. The average Bonchev–Trinajstić information content (AvgIpc) is 2.92. The van der Waals surface area contributed by atoms with Crippen molar-refractivity contribution >= 4 is 22.6 Å². The van der Waals surface area contributed by atoms with Crippen molar-refractivity contribution in [2.24, 2.45) is 0 Å². The van der Waals surface area contributed by atoms with Crippen molar-refractivity contribution in [2.75, 3.05) is 11.9 Å². The number of amides is 1. The van der Waals surface area contributed by atoms with E-state index < -0.39 is 0 Å². The number of carbonyl (C=O) groups excluding carboxylic acids is 1. The van der Waals surface area contributed by atoms with Crippen LogP contribution in [0, 0.1) is 6.92 Å². The van der Waals surface area contributed by atoms with E-state index in [4.69, 9.17) is 9.15 Å². The van der Waals surface area contributed by atoms with Gasteiger partial charge in [0.25, 0.3) is 5.91 Å². The number of nitrogens with one attached hydrogen (secondary N) is 1. The number of aryl methyl sites for hydroxylation is 1. The molecular weight excluding hydrogens is 306 g/mol. The van der Waals surface area contributed by atoms with Crippen LogP contribution in [0.1, 0.15) is 28.6 Å². The second-order valence-corrected chi connectivity index (χ2v) is 5.46. The Hall–Kier alpha value is -2.79. The lowest BCUT2D eigenvalue weighted by molar-refractivity contribution is 0.0998. The van der Waals surface area contributed by atoms with Crippen molar-refractivity contribution in [2.45, 2.75) is 20.5 Å². The molecule has 0 atom stereocenters. The molecule has 3 aromatic rings. The highest BCUT2D eigenvalue weighted by Gasteiger charge is 2.18. The molecule has 1 heterocycles. The molecule has 0 unspecified atom stereocenters. The fourth-order valence-corrected chi connectivity index (χ4v) is 2.61. The van der Waals surface area contributed by atoms with Crippen LogP contribution < -0.4 is 10.1 Å². The number of hydrogen-bond donors (Lipinski definition) is 2. The average molecular weight is 325 g/mol. The summed E-state index contributed by atoms with van der Waals surface area (Å²) in [5.74, 6) is 0.696. The van der Waals surface area contributed by atoms with E-state index in [9.17, 15) is 9.90 Å². The summed E-state index contributed by atoms with van der Waals surface area (Å²) in [5.41, 5.74) is 2.75. The van der Waals surface area contributed by atoms with Gasteiger partial charge in [0, 0.05) is 16.6 Å². The summed E-state index contributed by atoms with van der Waals surface area (Å²) in [6.45, 7) is 4.27. The Morgan fingerprint density at radius 2 is 2.08 bits per heavy atom. The van der Waals surface area contributed by atoms with E-state index in [0.29, 0.717) is 17.9 Å². The van der Waals surface area contributed by atoms with Crippen molar-refractivity contribution in [3.05, 3.63) is 59.4 Å². The summed E-state index contributed by atoms with van der Waals surface area (Å²) in [7, 11) is 0. The topological polar surface area (TPSA) is 71.7 Å². The molecule has 0 saturated heterocycles. The zero-order chi connectivity index (χ0) is 17.1. The van der Waals surface area contributed by atoms with E-state index in [2.05, 4.69) is 5.32 Å². The first kappa shape index (κ1) is 16.1. The Kier molecular flexibility index (Phi) is 4.53. The molecule has 1 aromatic heterocycles. The molecule has 2 aromatic carbocycles. The molecule has 2 N–H and O–H groups in total. The number of rotatable bonds is 5. The van der Waals surface area contributed by atoms with Crippen molar-refractivity contribution in [1.82, 2.24) is 0 Å². The van der Waals surface area contributed by atoms with Crippen LogP contribution in [-0.2, 0) is 6.61 Å². The standard InChI is InChI=1S/C19H19NO4/c1-3-23-15-7-8-17-16(10-15)12(2)18(24-17)19(22)20-14-6-4-5-13(9-14)11-21/h4-10,21H,3,11H2,1-2H3,(H,20,22). The first-order chi connectivity index (χ1) is 11.6. The van der Waals surface area contributed by atoms with Crippen molar-refractivity contribution in [3.8, 4) is 5.75 Å². The number of furan rings is 1. The summed E-state index contributed by atoms with van der Waals surface area (Å²) >= 11 is 0. The molecule has 0 aliphatic carbocycles. The lowest BCUT2D eigenvalue weighted by Crippen LogP contribution is -2.12. The fraction of sp³-hybridized carbons (Fsp3) is 0.211. The zero-order valence-corrected chi connectivity index (χ0v) is 13.6. The van der Waals surface area contributed by atoms with Crippen molar-refractivity contribution in [1.29, 1.82) is 0 Å². The van der Waals surface area contributed by atoms with Crippen LogP contribution in [0.15, 0.2) is 46.9 Å². The molecule has 5 heteroatoms. The van der Waals surface area contributed by atoms with Gasteiger partial charge in [-0.05, 0) is 49.7 Å². The van der Waals surface area contributed by atoms with Gasteiger partial charge in [-0.2, -0.15) is 0 Å². The van der Waals surface area contributed by atoms with Gasteiger partial charge in [-0.1, -0.05) is 12.1 Å². The smallest absolute Gasteiger partial charge is 0.291 e. The molecule has 0 aliphatic rings. The van der Waals surface area contributed by atoms with E-state index in [1.54, 1.807) is 30.3 Å². The van der Waals surface area contributed by atoms with Crippen LogP contribution in [0.3, 0.4) is 0 Å². The molecule has 0 fully saturated rings. The van der Waals surface area contributed by atoms with Gasteiger partial charge in [0.15, 0.2) is 5.76 Å². The van der Waals surface area contributed by atoms with Crippen molar-refractivity contribution < 1.29 is 19.1 Å². The normalized spacial score (nSPS) is 10.8. The third-order valence-corrected chi connectivity index (χ3v) is 3.79. The minimum Gasteiger partial charge on any atom is -0.494 e. The lowest BCUT2D eigenvalue weighted by Gasteiger charge is -2.05. The van der Waals surface area contributed by atoms with Crippen LogP contribution in [0.4, 0.5) is 5.69 Å². The van der Waals surface area contributed by atoms with E-state index >= 15 is 0 Å².